The molecule has 1 aliphatic rings. The van der Waals surface area contributed by atoms with Gasteiger partial charge in [0.15, 0.2) is 0 Å². The highest BCUT2D eigenvalue weighted by Gasteiger charge is 2.21. The Bertz CT molecular complexity index is 668. The molecule has 1 aliphatic heterocycles. The van der Waals surface area contributed by atoms with E-state index in [1.807, 2.05) is 13.0 Å². The van der Waals surface area contributed by atoms with Crippen LogP contribution in [0.2, 0.25) is 0 Å². The zero-order chi connectivity index (χ0) is 16.8. The summed E-state index contributed by atoms with van der Waals surface area (Å²) in [7, 11) is 1.59. The van der Waals surface area contributed by atoms with Crippen LogP contribution in [0, 0.1) is 0 Å². The van der Waals surface area contributed by atoms with Crippen LogP contribution >= 0.6 is 0 Å². The van der Waals surface area contributed by atoms with Crippen molar-refractivity contribution in [1.82, 2.24) is 20.6 Å². The second-order valence-corrected chi connectivity index (χ2v) is 5.09. The van der Waals surface area contributed by atoms with Crippen LogP contribution in [0.15, 0.2) is 28.9 Å². The predicted octanol–water partition coefficient (Wildman–Crippen LogP) is 0.0843. The van der Waals surface area contributed by atoms with Gasteiger partial charge in [-0.2, -0.15) is 0 Å². The number of likely N-dealkylation sites (N-methyl/N-ethyl adjacent to an activating group) is 1. The highest BCUT2D eigenvalue weighted by Crippen LogP contribution is 2.16. The average Bonchev–Trinajstić information content (AvgIpc) is 2.58. The predicted molar refractivity (Wildman–Crippen MR) is 87.1 cm³/mol. The molecule has 0 bridgehead atoms. The Morgan fingerprint density at radius 3 is 2.83 bits per heavy atom. The number of nitrogens with two attached hydrogens (primary N) is 1. The molecule has 2 heterocycles. The van der Waals surface area contributed by atoms with Crippen molar-refractivity contribution in [2.75, 3.05) is 19.3 Å². The first-order valence-corrected chi connectivity index (χ1v) is 7.39. The van der Waals surface area contributed by atoms with E-state index in [-0.39, 0.29) is 29.5 Å². The third kappa shape index (κ3) is 4.35. The summed E-state index contributed by atoms with van der Waals surface area (Å²) < 4.78 is 0. The lowest BCUT2D eigenvalue weighted by Crippen LogP contribution is -2.35. The molecule has 4 N–H and O–H groups in total. The van der Waals surface area contributed by atoms with E-state index in [4.69, 9.17) is 5.73 Å². The molecule has 0 fully saturated rings. The molecule has 1 aromatic heterocycles. The molecule has 0 spiro atoms. The number of carbonyl (C=O) groups excluding carboxylic acids is 2. The summed E-state index contributed by atoms with van der Waals surface area (Å²) in [5, 5.41) is 5.38. The normalized spacial score (nSPS) is 17.0. The summed E-state index contributed by atoms with van der Waals surface area (Å²) in [4.78, 5) is 36.0. The summed E-state index contributed by atoms with van der Waals surface area (Å²) in [5.74, 6) is -0.416. The molecule has 23 heavy (non-hydrogen) atoms. The highest BCUT2D eigenvalue weighted by molar-refractivity contribution is 6.05. The van der Waals surface area contributed by atoms with E-state index in [1.165, 1.54) is 12.3 Å². The summed E-state index contributed by atoms with van der Waals surface area (Å²) in [6, 6.07) is 1.31. The van der Waals surface area contributed by atoms with Crippen LogP contribution in [0.5, 0.6) is 0 Å². The number of nitrogen functional groups attached to an aromatic ring is 1. The Balaban J connectivity index is 2.00. The molecule has 0 radical (unpaired) electrons. The number of hydrogen-bond acceptors (Lipinski definition) is 6. The first-order valence-electron chi connectivity index (χ1n) is 7.39. The number of dihydropyridines is 1. The van der Waals surface area contributed by atoms with Crippen molar-refractivity contribution in [3.8, 4) is 0 Å². The van der Waals surface area contributed by atoms with Crippen molar-refractivity contribution in [2.24, 2.45) is 4.99 Å². The lowest BCUT2D eigenvalue weighted by atomic mass is 9.99. The monoisotopic (exact) mass is 316 g/mol. The first-order chi connectivity index (χ1) is 11.0. The minimum absolute atomic E-state index is 0.0476. The van der Waals surface area contributed by atoms with Crippen molar-refractivity contribution in [3.05, 3.63) is 29.6 Å². The number of rotatable bonds is 5. The standard InChI is InChI=1S/C15H20N6O2/c1-3-10-6-9(13(22)17-2)7-11(20-10)8-19-14(23)12-4-5-18-15(16)21-12/h4-6,11H,3,7-8H2,1-2H3,(H,17,22)(H,19,23)(H2,16,18,21). The van der Waals surface area contributed by atoms with Crippen molar-refractivity contribution in [2.45, 2.75) is 25.8 Å². The first kappa shape index (κ1) is 16.6. The lowest BCUT2D eigenvalue weighted by Gasteiger charge is -2.20. The van der Waals surface area contributed by atoms with Crippen LogP contribution < -0.4 is 16.4 Å². The van der Waals surface area contributed by atoms with Gasteiger partial charge in [-0.3, -0.25) is 14.6 Å². The van der Waals surface area contributed by atoms with Gasteiger partial charge in [0, 0.05) is 37.5 Å². The van der Waals surface area contributed by atoms with Gasteiger partial charge in [0.1, 0.15) is 5.69 Å². The number of nitrogens with zero attached hydrogens (tertiary/aromatic N) is 3. The molecule has 8 heteroatoms. The fourth-order valence-electron chi connectivity index (χ4n) is 2.26. The summed E-state index contributed by atoms with van der Waals surface area (Å²) in [6.07, 6.45) is 4.45. The quantitative estimate of drug-likeness (QED) is 0.710. The molecule has 1 unspecified atom stereocenters. The SMILES string of the molecule is CCC1=NC(CNC(=O)c2ccnc(N)n2)CC(C(=O)NC)=C1. The largest absolute Gasteiger partial charge is 0.368 e. The zero-order valence-electron chi connectivity index (χ0n) is 13.2. The smallest absolute Gasteiger partial charge is 0.270 e. The number of nitrogens with one attached hydrogen (secondary N) is 2. The van der Waals surface area contributed by atoms with Crippen molar-refractivity contribution < 1.29 is 9.59 Å². The van der Waals surface area contributed by atoms with Gasteiger partial charge in [0.05, 0.1) is 6.04 Å². The third-order valence-electron chi connectivity index (χ3n) is 3.43. The maximum atomic E-state index is 12.1. The zero-order valence-corrected chi connectivity index (χ0v) is 13.2. The molecular weight excluding hydrogens is 296 g/mol. The molecule has 8 nitrogen and oxygen atoms in total. The molecule has 1 atom stereocenters. The Kier molecular flexibility index (Phi) is 5.40. The molecule has 1 aromatic rings. The van der Waals surface area contributed by atoms with Crippen LogP contribution in [0.25, 0.3) is 0 Å². The van der Waals surface area contributed by atoms with Crippen molar-refractivity contribution >= 4 is 23.5 Å². The summed E-state index contributed by atoms with van der Waals surface area (Å²) in [6.45, 7) is 2.29. The maximum absolute atomic E-state index is 12.1. The van der Waals surface area contributed by atoms with Gasteiger partial charge >= 0.3 is 0 Å². The van der Waals surface area contributed by atoms with E-state index in [1.54, 1.807) is 7.05 Å². The minimum Gasteiger partial charge on any atom is -0.368 e. The van der Waals surface area contributed by atoms with Gasteiger partial charge in [0.2, 0.25) is 11.9 Å². The van der Waals surface area contributed by atoms with E-state index in [0.29, 0.717) is 18.5 Å². The molecule has 0 aliphatic carbocycles. The molecular formula is C15H20N6O2. The van der Waals surface area contributed by atoms with Crippen LogP contribution in [0.4, 0.5) is 5.95 Å². The van der Waals surface area contributed by atoms with E-state index < -0.39 is 0 Å². The number of aromatic nitrogens is 2. The van der Waals surface area contributed by atoms with E-state index in [9.17, 15) is 9.59 Å². The second kappa shape index (κ2) is 7.48. The minimum atomic E-state index is -0.344. The number of amides is 2. The number of hydrogen-bond donors (Lipinski definition) is 3. The third-order valence-corrected chi connectivity index (χ3v) is 3.43. The van der Waals surface area contributed by atoms with E-state index in [2.05, 4.69) is 25.6 Å². The van der Waals surface area contributed by atoms with Crippen LogP contribution in [-0.4, -0.2) is 47.1 Å². The van der Waals surface area contributed by atoms with Gasteiger partial charge < -0.3 is 16.4 Å². The topological polar surface area (TPSA) is 122 Å². The lowest BCUT2D eigenvalue weighted by molar-refractivity contribution is -0.117. The van der Waals surface area contributed by atoms with Gasteiger partial charge in [-0.15, -0.1) is 0 Å². The van der Waals surface area contributed by atoms with Crippen molar-refractivity contribution in [1.29, 1.82) is 0 Å². The Labute approximate surface area is 134 Å². The second-order valence-electron chi connectivity index (χ2n) is 5.09. The summed E-state index contributed by atoms with van der Waals surface area (Å²) >= 11 is 0. The van der Waals surface area contributed by atoms with E-state index in [0.717, 1.165) is 12.1 Å². The number of anilines is 1. The molecule has 2 rings (SSSR count). The van der Waals surface area contributed by atoms with Gasteiger partial charge in [-0.25, -0.2) is 9.97 Å². The van der Waals surface area contributed by atoms with Crippen molar-refractivity contribution in [3.63, 3.8) is 0 Å². The van der Waals surface area contributed by atoms with Crippen LogP contribution in [-0.2, 0) is 4.79 Å². The maximum Gasteiger partial charge on any atom is 0.270 e. The summed E-state index contributed by atoms with van der Waals surface area (Å²) in [5.41, 5.74) is 7.18. The fourth-order valence-corrected chi connectivity index (χ4v) is 2.26. The van der Waals surface area contributed by atoms with Crippen LogP contribution in [0.1, 0.15) is 30.3 Å². The Morgan fingerprint density at radius 2 is 2.17 bits per heavy atom. The van der Waals surface area contributed by atoms with E-state index >= 15 is 0 Å². The number of allylic oxidation sites excluding steroid dienone is 1. The molecule has 2 amide bonds. The molecule has 122 valence electrons. The fraction of sp³-hybridized carbons (Fsp3) is 0.400. The molecule has 0 saturated carbocycles. The Hall–Kier alpha value is -2.77. The Morgan fingerprint density at radius 1 is 1.39 bits per heavy atom. The van der Waals surface area contributed by atoms with Gasteiger partial charge in [0.25, 0.3) is 5.91 Å². The highest BCUT2D eigenvalue weighted by atomic mass is 16.2. The van der Waals surface area contributed by atoms with Gasteiger partial charge in [-0.05, 0) is 18.6 Å². The number of aliphatic imine (C=N–C) groups is 1. The average molecular weight is 316 g/mol. The van der Waals surface area contributed by atoms with Gasteiger partial charge in [-0.1, -0.05) is 6.92 Å². The number of carbonyl (C=O) groups is 2. The molecule has 0 aromatic carbocycles. The molecule has 0 saturated heterocycles. The van der Waals surface area contributed by atoms with Crippen LogP contribution in [0.3, 0.4) is 0 Å².